The van der Waals surface area contributed by atoms with Crippen LogP contribution in [0, 0.1) is 0 Å². The Hall–Kier alpha value is -1.20. The third kappa shape index (κ3) is 2.79. The van der Waals surface area contributed by atoms with Crippen LogP contribution in [0.1, 0.15) is 55.1 Å². The van der Waals surface area contributed by atoms with E-state index in [0.717, 1.165) is 31.0 Å². The summed E-state index contributed by atoms with van der Waals surface area (Å²) in [5, 5.41) is 6.23. The van der Waals surface area contributed by atoms with Crippen molar-refractivity contribution in [2.45, 2.75) is 50.4 Å². The van der Waals surface area contributed by atoms with E-state index in [0.29, 0.717) is 6.54 Å². The van der Waals surface area contributed by atoms with Gasteiger partial charge in [0, 0.05) is 17.8 Å². The SMILES string of the molecule is NCC1(c2nc(Cc3cccs3)no2)CCCCCC1. The summed E-state index contributed by atoms with van der Waals surface area (Å²) in [6.07, 6.45) is 7.89. The predicted molar refractivity (Wildman–Crippen MR) is 79.9 cm³/mol. The third-order valence-corrected chi connectivity index (χ3v) is 5.16. The molecule has 3 rings (SSSR count). The fourth-order valence-electron chi connectivity index (χ4n) is 3.02. The van der Waals surface area contributed by atoms with Crippen molar-refractivity contribution in [2.24, 2.45) is 5.73 Å². The maximum absolute atomic E-state index is 6.06. The summed E-state index contributed by atoms with van der Waals surface area (Å²) in [5.41, 5.74) is 5.97. The quantitative estimate of drug-likeness (QED) is 0.878. The molecule has 0 spiro atoms. The number of hydrogen-bond donors (Lipinski definition) is 1. The Kier molecular flexibility index (Phi) is 4.17. The van der Waals surface area contributed by atoms with Crippen molar-refractivity contribution in [3.63, 3.8) is 0 Å². The lowest BCUT2D eigenvalue weighted by Crippen LogP contribution is -2.35. The van der Waals surface area contributed by atoms with Crippen molar-refractivity contribution < 1.29 is 4.52 Å². The van der Waals surface area contributed by atoms with E-state index in [-0.39, 0.29) is 5.41 Å². The second-order valence-electron chi connectivity index (χ2n) is 5.67. The molecule has 20 heavy (non-hydrogen) atoms. The number of nitrogens with zero attached hydrogens (tertiary/aromatic N) is 2. The van der Waals surface area contributed by atoms with Gasteiger partial charge in [-0.2, -0.15) is 4.98 Å². The van der Waals surface area contributed by atoms with Crippen molar-refractivity contribution in [3.8, 4) is 0 Å². The smallest absolute Gasteiger partial charge is 0.234 e. The zero-order chi connectivity index (χ0) is 13.8. The second kappa shape index (κ2) is 6.06. The molecular weight excluding hydrogens is 270 g/mol. The third-order valence-electron chi connectivity index (χ3n) is 4.29. The molecule has 108 valence electrons. The summed E-state index contributed by atoms with van der Waals surface area (Å²) in [7, 11) is 0. The Labute approximate surface area is 123 Å². The molecule has 1 fully saturated rings. The van der Waals surface area contributed by atoms with Gasteiger partial charge in [0.1, 0.15) is 0 Å². The molecular formula is C15H21N3OS. The predicted octanol–water partition coefficient (Wildman–Crippen LogP) is 3.27. The molecule has 1 aliphatic rings. The van der Waals surface area contributed by atoms with Gasteiger partial charge < -0.3 is 10.3 Å². The highest BCUT2D eigenvalue weighted by atomic mass is 32.1. The van der Waals surface area contributed by atoms with E-state index in [2.05, 4.69) is 21.6 Å². The first kappa shape index (κ1) is 13.8. The number of thiophene rings is 1. The van der Waals surface area contributed by atoms with E-state index in [1.54, 1.807) is 11.3 Å². The highest BCUT2D eigenvalue weighted by Gasteiger charge is 2.37. The van der Waals surface area contributed by atoms with Gasteiger partial charge >= 0.3 is 0 Å². The monoisotopic (exact) mass is 291 g/mol. The maximum atomic E-state index is 6.06. The van der Waals surface area contributed by atoms with Crippen molar-refractivity contribution in [1.29, 1.82) is 0 Å². The average molecular weight is 291 g/mol. The van der Waals surface area contributed by atoms with Crippen molar-refractivity contribution in [2.75, 3.05) is 6.54 Å². The highest BCUT2D eigenvalue weighted by Crippen LogP contribution is 2.36. The van der Waals surface area contributed by atoms with Gasteiger partial charge in [0.2, 0.25) is 5.89 Å². The molecule has 0 atom stereocenters. The summed E-state index contributed by atoms with van der Waals surface area (Å²) >= 11 is 1.72. The van der Waals surface area contributed by atoms with Crippen LogP contribution >= 0.6 is 11.3 Å². The standard InChI is InChI=1S/C15H21N3OS/c16-11-15(7-3-1-2-4-8-15)14-17-13(18-19-14)10-12-6-5-9-20-12/h5-6,9H,1-4,7-8,10-11,16H2. The Bertz CT molecular complexity index is 527. The van der Waals surface area contributed by atoms with E-state index in [1.165, 1.54) is 30.6 Å². The Balaban J connectivity index is 1.80. The summed E-state index contributed by atoms with van der Waals surface area (Å²) in [6, 6.07) is 4.15. The Morgan fingerprint density at radius 2 is 2.05 bits per heavy atom. The topological polar surface area (TPSA) is 64.9 Å². The lowest BCUT2D eigenvalue weighted by atomic mass is 9.80. The van der Waals surface area contributed by atoms with Gasteiger partial charge in [-0.25, -0.2) is 0 Å². The first-order valence-electron chi connectivity index (χ1n) is 7.38. The Morgan fingerprint density at radius 1 is 1.25 bits per heavy atom. The molecule has 5 heteroatoms. The normalized spacial score (nSPS) is 18.9. The van der Waals surface area contributed by atoms with Gasteiger partial charge in [-0.1, -0.05) is 36.9 Å². The minimum absolute atomic E-state index is 0.0861. The van der Waals surface area contributed by atoms with Crippen LogP contribution in [0.4, 0.5) is 0 Å². The zero-order valence-corrected chi connectivity index (χ0v) is 12.5. The van der Waals surface area contributed by atoms with E-state index in [4.69, 9.17) is 10.3 Å². The lowest BCUT2D eigenvalue weighted by Gasteiger charge is -2.26. The number of aromatic nitrogens is 2. The first-order chi connectivity index (χ1) is 9.82. The molecule has 0 bridgehead atoms. The molecule has 2 N–H and O–H groups in total. The summed E-state index contributed by atoms with van der Waals surface area (Å²) in [6.45, 7) is 0.605. The summed E-state index contributed by atoms with van der Waals surface area (Å²) in [5.74, 6) is 1.54. The van der Waals surface area contributed by atoms with Crippen LogP contribution in [0.3, 0.4) is 0 Å². The van der Waals surface area contributed by atoms with Crippen LogP contribution < -0.4 is 5.73 Å². The van der Waals surface area contributed by atoms with Crippen LogP contribution in [0.5, 0.6) is 0 Å². The minimum Gasteiger partial charge on any atom is -0.339 e. The highest BCUT2D eigenvalue weighted by molar-refractivity contribution is 7.09. The molecule has 1 aliphatic carbocycles. The number of rotatable bonds is 4. The van der Waals surface area contributed by atoms with E-state index >= 15 is 0 Å². The Morgan fingerprint density at radius 3 is 2.70 bits per heavy atom. The van der Waals surface area contributed by atoms with Gasteiger partial charge in [-0.05, 0) is 24.3 Å². The van der Waals surface area contributed by atoms with Crippen LogP contribution in [-0.4, -0.2) is 16.7 Å². The fraction of sp³-hybridized carbons (Fsp3) is 0.600. The fourth-order valence-corrected chi connectivity index (χ4v) is 3.72. The molecule has 1 saturated carbocycles. The largest absolute Gasteiger partial charge is 0.339 e. The molecule has 0 aromatic carbocycles. The van der Waals surface area contributed by atoms with Gasteiger partial charge in [0.15, 0.2) is 5.82 Å². The lowest BCUT2D eigenvalue weighted by molar-refractivity contribution is 0.256. The first-order valence-corrected chi connectivity index (χ1v) is 8.26. The zero-order valence-electron chi connectivity index (χ0n) is 11.7. The molecule has 2 aromatic rings. The molecule has 0 saturated heterocycles. The van der Waals surface area contributed by atoms with E-state index < -0.39 is 0 Å². The average Bonchev–Trinajstić information content (AvgIpc) is 3.08. The maximum Gasteiger partial charge on any atom is 0.234 e. The van der Waals surface area contributed by atoms with Gasteiger partial charge in [0.25, 0.3) is 0 Å². The van der Waals surface area contributed by atoms with Gasteiger partial charge in [-0.15, -0.1) is 11.3 Å². The van der Waals surface area contributed by atoms with Crippen LogP contribution in [0.25, 0.3) is 0 Å². The summed E-state index contributed by atoms with van der Waals surface area (Å²) < 4.78 is 5.57. The van der Waals surface area contributed by atoms with Crippen molar-refractivity contribution in [1.82, 2.24) is 10.1 Å². The second-order valence-corrected chi connectivity index (χ2v) is 6.70. The molecule has 2 heterocycles. The molecule has 0 aliphatic heterocycles. The van der Waals surface area contributed by atoms with Crippen molar-refractivity contribution in [3.05, 3.63) is 34.1 Å². The van der Waals surface area contributed by atoms with Crippen molar-refractivity contribution >= 4 is 11.3 Å². The molecule has 2 aromatic heterocycles. The summed E-state index contributed by atoms with van der Waals surface area (Å²) in [4.78, 5) is 5.91. The number of nitrogens with two attached hydrogens (primary N) is 1. The molecule has 0 radical (unpaired) electrons. The molecule has 4 nitrogen and oxygen atoms in total. The van der Waals surface area contributed by atoms with Crippen LogP contribution in [0.2, 0.25) is 0 Å². The minimum atomic E-state index is -0.0861. The molecule has 0 unspecified atom stereocenters. The van der Waals surface area contributed by atoms with Crippen LogP contribution in [-0.2, 0) is 11.8 Å². The van der Waals surface area contributed by atoms with E-state index in [9.17, 15) is 0 Å². The van der Waals surface area contributed by atoms with Crippen LogP contribution in [0.15, 0.2) is 22.0 Å². The van der Waals surface area contributed by atoms with Gasteiger partial charge in [0.05, 0.1) is 5.41 Å². The van der Waals surface area contributed by atoms with E-state index in [1.807, 2.05) is 6.07 Å². The number of hydrogen-bond acceptors (Lipinski definition) is 5. The van der Waals surface area contributed by atoms with Gasteiger partial charge in [-0.3, -0.25) is 0 Å². The molecule has 0 amide bonds.